The number of methoxy groups -OCH3 is 1. The van der Waals surface area contributed by atoms with Crippen LogP contribution in [0.5, 0.6) is 0 Å². The van der Waals surface area contributed by atoms with E-state index in [1.165, 1.54) is 45.6 Å². The zero-order valence-electron chi connectivity index (χ0n) is 16.0. The van der Waals surface area contributed by atoms with E-state index < -0.39 is 0 Å². The van der Waals surface area contributed by atoms with Crippen molar-refractivity contribution >= 4 is 17.7 Å². The second-order valence-electron chi connectivity index (χ2n) is 5.97. The minimum Gasteiger partial charge on any atom is -0.465 e. The first-order valence-electron chi connectivity index (χ1n) is 9.40. The zero-order valence-corrected chi connectivity index (χ0v) is 16.8. The van der Waals surface area contributed by atoms with Gasteiger partial charge in [0.25, 0.3) is 0 Å². The van der Waals surface area contributed by atoms with E-state index in [-0.39, 0.29) is 5.97 Å². The topological polar surface area (TPSA) is 26.3 Å². The number of unbranched alkanes of at least 4 members (excludes halogenated alkanes) is 6. The summed E-state index contributed by atoms with van der Waals surface area (Å²) in [5.41, 5.74) is 0.570. The van der Waals surface area contributed by atoms with Crippen LogP contribution in [-0.2, 0) is 4.74 Å². The van der Waals surface area contributed by atoms with Crippen LogP contribution in [0.4, 0.5) is 0 Å². The van der Waals surface area contributed by atoms with Crippen LogP contribution >= 0.6 is 11.8 Å². The van der Waals surface area contributed by atoms with Crippen molar-refractivity contribution in [1.82, 2.24) is 0 Å². The molecule has 0 amide bonds. The second kappa shape index (κ2) is 15.3. The monoisotopic (exact) mass is 370 g/mol. The molecule has 3 heteroatoms. The lowest BCUT2D eigenvalue weighted by Gasteiger charge is -1.99. The lowest BCUT2D eigenvalue weighted by atomic mass is 10.1. The van der Waals surface area contributed by atoms with Crippen molar-refractivity contribution in [2.24, 2.45) is 0 Å². The Bertz CT molecular complexity index is 618. The summed E-state index contributed by atoms with van der Waals surface area (Å²) < 4.78 is 4.68. The Hall–Kier alpha value is -1.92. The van der Waals surface area contributed by atoms with Gasteiger partial charge in [-0.1, -0.05) is 74.9 Å². The molecule has 0 aliphatic heterocycles. The normalized spacial score (nSPS) is 10.8. The van der Waals surface area contributed by atoms with Crippen molar-refractivity contribution < 1.29 is 9.53 Å². The smallest absolute Gasteiger partial charge is 0.337 e. The standard InChI is InChI=1S/C23H30O2S/c1-3-4-5-6-7-8-9-10-11-12-13-14-15-20-26-22-18-16-21(17-19-22)23(24)25-2/h13-20H,3-9,12H2,1-2H3/b14-13-,20-15+. The van der Waals surface area contributed by atoms with Crippen LogP contribution < -0.4 is 0 Å². The molecule has 0 aliphatic rings. The third kappa shape index (κ3) is 10.8. The molecule has 0 N–H and O–H groups in total. The minimum atomic E-state index is -0.308. The predicted molar refractivity (Wildman–Crippen MR) is 112 cm³/mol. The Morgan fingerprint density at radius 3 is 2.50 bits per heavy atom. The Morgan fingerprint density at radius 2 is 1.77 bits per heavy atom. The Labute approximate surface area is 163 Å². The number of esters is 1. The molecule has 0 fully saturated rings. The van der Waals surface area contributed by atoms with Crippen molar-refractivity contribution in [1.29, 1.82) is 0 Å². The molecule has 0 aromatic heterocycles. The summed E-state index contributed by atoms with van der Waals surface area (Å²) in [6.45, 7) is 2.25. The lowest BCUT2D eigenvalue weighted by Crippen LogP contribution is -1.99. The van der Waals surface area contributed by atoms with Gasteiger partial charge in [-0.25, -0.2) is 4.79 Å². The van der Waals surface area contributed by atoms with Crippen molar-refractivity contribution in [2.45, 2.75) is 63.2 Å². The number of hydrogen-bond donors (Lipinski definition) is 0. The van der Waals surface area contributed by atoms with E-state index in [2.05, 4.69) is 29.6 Å². The molecule has 0 saturated carbocycles. The van der Waals surface area contributed by atoms with Gasteiger partial charge in [-0.2, -0.15) is 0 Å². The number of hydrogen-bond acceptors (Lipinski definition) is 3. The van der Waals surface area contributed by atoms with Crippen molar-refractivity contribution in [3.8, 4) is 11.8 Å². The maximum atomic E-state index is 11.4. The van der Waals surface area contributed by atoms with Gasteiger partial charge in [0.2, 0.25) is 0 Å². The fourth-order valence-corrected chi connectivity index (χ4v) is 2.93. The molecule has 0 aliphatic carbocycles. The summed E-state index contributed by atoms with van der Waals surface area (Å²) >= 11 is 1.61. The molecule has 0 atom stereocenters. The van der Waals surface area contributed by atoms with E-state index in [4.69, 9.17) is 0 Å². The van der Waals surface area contributed by atoms with Gasteiger partial charge in [0, 0.05) is 17.7 Å². The average Bonchev–Trinajstić information content (AvgIpc) is 2.68. The van der Waals surface area contributed by atoms with Crippen LogP contribution in [0.2, 0.25) is 0 Å². The van der Waals surface area contributed by atoms with E-state index in [1.807, 2.05) is 29.7 Å². The summed E-state index contributed by atoms with van der Waals surface area (Å²) in [6.07, 6.45) is 15.9. The van der Waals surface area contributed by atoms with Crippen LogP contribution in [0.1, 0.15) is 68.6 Å². The Balaban J connectivity index is 2.13. The third-order valence-electron chi connectivity index (χ3n) is 3.81. The maximum absolute atomic E-state index is 11.4. The number of carbonyl (C=O) groups is 1. The number of rotatable bonds is 11. The van der Waals surface area contributed by atoms with Crippen molar-refractivity contribution in [2.75, 3.05) is 7.11 Å². The molecule has 1 aromatic carbocycles. The highest BCUT2D eigenvalue weighted by atomic mass is 32.2. The first kappa shape index (κ1) is 22.1. The Kier molecular flexibility index (Phi) is 13.1. The summed E-state index contributed by atoms with van der Waals surface area (Å²) in [6, 6.07) is 7.38. The minimum absolute atomic E-state index is 0.308. The fraction of sp³-hybridized carbons (Fsp3) is 0.435. The zero-order chi connectivity index (χ0) is 18.9. The van der Waals surface area contributed by atoms with Crippen LogP contribution in [0.3, 0.4) is 0 Å². The SMILES string of the molecule is CCCCCCCCC#CC/C=C\C=C\Sc1ccc(C(=O)OC)cc1. The highest BCUT2D eigenvalue weighted by molar-refractivity contribution is 8.02. The lowest BCUT2D eigenvalue weighted by molar-refractivity contribution is 0.0600. The van der Waals surface area contributed by atoms with Crippen LogP contribution in [-0.4, -0.2) is 13.1 Å². The maximum Gasteiger partial charge on any atom is 0.337 e. The molecule has 1 rings (SSSR count). The highest BCUT2D eigenvalue weighted by Crippen LogP contribution is 2.19. The molecular weight excluding hydrogens is 340 g/mol. The third-order valence-corrected chi connectivity index (χ3v) is 4.64. The molecule has 0 saturated heterocycles. The molecule has 0 spiro atoms. The first-order valence-corrected chi connectivity index (χ1v) is 10.3. The molecule has 0 bridgehead atoms. The molecule has 2 nitrogen and oxygen atoms in total. The van der Waals surface area contributed by atoms with Gasteiger partial charge in [-0.3, -0.25) is 0 Å². The van der Waals surface area contributed by atoms with E-state index in [9.17, 15) is 4.79 Å². The molecule has 0 unspecified atom stereocenters. The van der Waals surface area contributed by atoms with E-state index in [0.29, 0.717) is 5.56 Å². The van der Waals surface area contributed by atoms with Crippen LogP contribution in [0, 0.1) is 11.8 Å². The molecule has 0 radical (unpaired) electrons. The largest absolute Gasteiger partial charge is 0.465 e. The molecule has 140 valence electrons. The van der Waals surface area contributed by atoms with Crippen molar-refractivity contribution in [3.63, 3.8) is 0 Å². The molecular formula is C23H30O2S. The van der Waals surface area contributed by atoms with Gasteiger partial charge in [-0.15, -0.1) is 5.92 Å². The van der Waals surface area contributed by atoms with Crippen LogP contribution in [0.15, 0.2) is 52.8 Å². The molecule has 1 aromatic rings. The number of thioether (sulfide) groups is 1. The van der Waals surface area contributed by atoms with Gasteiger partial charge in [0.05, 0.1) is 12.7 Å². The predicted octanol–water partition coefficient (Wildman–Crippen LogP) is 6.78. The molecule has 26 heavy (non-hydrogen) atoms. The molecule has 0 heterocycles. The number of ether oxygens (including phenoxy) is 1. The highest BCUT2D eigenvalue weighted by Gasteiger charge is 2.03. The number of carbonyl (C=O) groups excluding carboxylic acids is 1. The summed E-state index contributed by atoms with van der Waals surface area (Å²) in [5, 5.41) is 2.02. The summed E-state index contributed by atoms with van der Waals surface area (Å²) in [5.74, 6) is 6.13. The van der Waals surface area contributed by atoms with Crippen molar-refractivity contribution in [3.05, 3.63) is 53.5 Å². The van der Waals surface area contributed by atoms with Gasteiger partial charge >= 0.3 is 5.97 Å². The first-order chi connectivity index (χ1) is 12.8. The summed E-state index contributed by atoms with van der Waals surface area (Å²) in [7, 11) is 1.39. The number of allylic oxidation sites excluding steroid dienone is 3. The number of benzene rings is 1. The quantitative estimate of drug-likeness (QED) is 0.141. The van der Waals surface area contributed by atoms with Gasteiger partial charge in [-0.05, 0) is 36.1 Å². The van der Waals surface area contributed by atoms with Gasteiger partial charge in [0.1, 0.15) is 0 Å². The van der Waals surface area contributed by atoms with E-state index in [1.54, 1.807) is 23.9 Å². The van der Waals surface area contributed by atoms with E-state index >= 15 is 0 Å². The second-order valence-corrected chi connectivity index (χ2v) is 6.95. The van der Waals surface area contributed by atoms with Gasteiger partial charge in [0.15, 0.2) is 0 Å². The fourth-order valence-electron chi connectivity index (χ4n) is 2.31. The summed E-state index contributed by atoms with van der Waals surface area (Å²) in [4.78, 5) is 12.4. The average molecular weight is 371 g/mol. The Morgan fingerprint density at radius 1 is 1.04 bits per heavy atom. The van der Waals surface area contributed by atoms with Crippen LogP contribution in [0.25, 0.3) is 0 Å². The van der Waals surface area contributed by atoms with Gasteiger partial charge < -0.3 is 4.74 Å². The van der Waals surface area contributed by atoms with E-state index in [0.717, 1.165) is 17.7 Å².